The molecule has 5 nitrogen and oxygen atoms in total. The highest BCUT2D eigenvalue weighted by molar-refractivity contribution is 5.83. The molecule has 1 aromatic carbocycles. The maximum absolute atomic E-state index is 4.39. The standard InChI is InChI=1S/C18H19N5/c1-2-4-17-16(3-1)15(11-22-17)9-14(10-18-20-5-6-21-18)12-23-8-7-19-13-23/h1-8,11,13-14,22H,9-10,12H2,(H,20,21). The molecule has 0 amide bonds. The van der Waals surface area contributed by atoms with Crippen molar-refractivity contribution in [1.29, 1.82) is 0 Å². The summed E-state index contributed by atoms with van der Waals surface area (Å²) in [5, 5.41) is 1.31. The van der Waals surface area contributed by atoms with Gasteiger partial charge in [0.05, 0.1) is 6.33 Å². The van der Waals surface area contributed by atoms with Crippen LogP contribution < -0.4 is 0 Å². The molecular formula is C18H19N5. The van der Waals surface area contributed by atoms with Crippen LogP contribution in [0, 0.1) is 5.92 Å². The van der Waals surface area contributed by atoms with Crippen LogP contribution in [-0.4, -0.2) is 24.5 Å². The van der Waals surface area contributed by atoms with Gasteiger partial charge in [0.1, 0.15) is 5.82 Å². The Morgan fingerprint density at radius 3 is 2.87 bits per heavy atom. The summed E-state index contributed by atoms with van der Waals surface area (Å²) in [7, 11) is 0. The van der Waals surface area contributed by atoms with Gasteiger partial charge < -0.3 is 14.5 Å². The van der Waals surface area contributed by atoms with Gasteiger partial charge in [0.25, 0.3) is 0 Å². The third-order valence-electron chi connectivity index (χ3n) is 4.25. The maximum Gasteiger partial charge on any atom is 0.106 e. The fourth-order valence-corrected chi connectivity index (χ4v) is 3.19. The summed E-state index contributed by atoms with van der Waals surface area (Å²) >= 11 is 0. The SMILES string of the molecule is c1ccc2c(CC(Cc3ncc[nH]3)Cn3ccnc3)c[nH]c2c1. The summed E-state index contributed by atoms with van der Waals surface area (Å²) in [6, 6.07) is 8.46. The number of aromatic amines is 2. The van der Waals surface area contributed by atoms with E-state index >= 15 is 0 Å². The zero-order valence-electron chi connectivity index (χ0n) is 12.8. The van der Waals surface area contributed by atoms with Gasteiger partial charge in [-0.15, -0.1) is 0 Å². The molecule has 3 heterocycles. The molecule has 0 saturated heterocycles. The molecule has 0 radical (unpaired) electrons. The van der Waals surface area contributed by atoms with Crippen LogP contribution in [0.2, 0.25) is 0 Å². The first-order chi connectivity index (χ1) is 11.4. The predicted octanol–water partition coefficient (Wildman–Crippen LogP) is 3.19. The molecule has 1 unspecified atom stereocenters. The molecule has 0 spiro atoms. The number of imidazole rings is 2. The normalized spacial score (nSPS) is 12.7. The maximum atomic E-state index is 4.39. The largest absolute Gasteiger partial charge is 0.361 e. The number of rotatable bonds is 6. The lowest BCUT2D eigenvalue weighted by Crippen LogP contribution is -2.16. The molecule has 0 fully saturated rings. The molecule has 0 aliphatic rings. The summed E-state index contributed by atoms with van der Waals surface area (Å²) < 4.78 is 2.14. The number of hydrogen-bond donors (Lipinski definition) is 2. The Hall–Kier alpha value is -2.82. The molecule has 3 aromatic heterocycles. The average molecular weight is 305 g/mol. The minimum absolute atomic E-state index is 0.453. The van der Waals surface area contributed by atoms with Crippen molar-refractivity contribution < 1.29 is 0 Å². The molecule has 2 N–H and O–H groups in total. The van der Waals surface area contributed by atoms with Crippen molar-refractivity contribution in [3.05, 3.63) is 73.0 Å². The van der Waals surface area contributed by atoms with Crippen LogP contribution in [0.4, 0.5) is 0 Å². The zero-order chi connectivity index (χ0) is 15.5. The Labute approximate surface area is 134 Å². The van der Waals surface area contributed by atoms with E-state index in [0.29, 0.717) is 5.92 Å². The molecule has 4 rings (SSSR count). The Balaban J connectivity index is 1.59. The van der Waals surface area contributed by atoms with Gasteiger partial charge in [-0.3, -0.25) is 0 Å². The van der Waals surface area contributed by atoms with E-state index in [0.717, 1.165) is 25.2 Å². The smallest absolute Gasteiger partial charge is 0.106 e. The minimum Gasteiger partial charge on any atom is -0.361 e. The Morgan fingerprint density at radius 2 is 2.04 bits per heavy atom. The summed E-state index contributed by atoms with van der Waals surface area (Å²) in [6.45, 7) is 0.931. The number of hydrogen-bond acceptors (Lipinski definition) is 2. The number of para-hydroxylation sites is 1. The van der Waals surface area contributed by atoms with Crippen molar-refractivity contribution in [1.82, 2.24) is 24.5 Å². The lowest BCUT2D eigenvalue weighted by Gasteiger charge is -2.16. The van der Waals surface area contributed by atoms with Gasteiger partial charge in [0, 0.05) is 54.9 Å². The van der Waals surface area contributed by atoms with Gasteiger partial charge in [-0.05, 0) is 24.0 Å². The topological polar surface area (TPSA) is 62.3 Å². The molecule has 0 bridgehead atoms. The Bertz CT molecular complexity index is 822. The van der Waals surface area contributed by atoms with Crippen molar-refractivity contribution in [3.63, 3.8) is 0 Å². The highest BCUT2D eigenvalue weighted by Gasteiger charge is 2.15. The average Bonchev–Trinajstić information content (AvgIpc) is 3.30. The Morgan fingerprint density at radius 1 is 1.09 bits per heavy atom. The number of benzene rings is 1. The van der Waals surface area contributed by atoms with Gasteiger partial charge in [0.15, 0.2) is 0 Å². The van der Waals surface area contributed by atoms with Crippen LogP contribution >= 0.6 is 0 Å². The van der Waals surface area contributed by atoms with Crippen LogP contribution in [0.3, 0.4) is 0 Å². The van der Waals surface area contributed by atoms with E-state index in [1.54, 1.807) is 0 Å². The van der Waals surface area contributed by atoms with Gasteiger partial charge >= 0.3 is 0 Å². The molecule has 5 heteroatoms. The van der Waals surface area contributed by atoms with Crippen molar-refractivity contribution in [2.45, 2.75) is 19.4 Å². The molecule has 1 atom stereocenters. The van der Waals surface area contributed by atoms with Crippen molar-refractivity contribution in [2.75, 3.05) is 0 Å². The highest BCUT2D eigenvalue weighted by Crippen LogP contribution is 2.23. The number of fused-ring (bicyclic) bond motifs is 1. The van der Waals surface area contributed by atoms with E-state index in [4.69, 9.17) is 0 Å². The van der Waals surface area contributed by atoms with Crippen molar-refractivity contribution >= 4 is 10.9 Å². The predicted molar refractivity (Wildman–Crippen MR) is 90.0 cm³/mol. The molecule has 0 aliphatic carbocycles. The van der Waals surface area contributed by atoms with E-state index in [9.17, 15) is 0 Å². The number of H-pyrrole nitrogens is 2. The Kier molecular flexibility index (Phi) is 3.68. The molecule has 0 aliphatic heterocycles. The summed E-state index contributed by atoms with van der Waals surface area (Å²) in [6.07, 6.45) is 13.5. The molecule has 116 valence electrons. The lowest BCUT2D eigenvalue weighted by molar-refractivity contribution is 0.432. The summed E-state index contributed by atoms with van der Waals surface area (Å²) in [5.41, 5.74) is 2.55. The molecule has 23 heavy (non-hydrogen) atoms. The first kappa shape index (κ1) is 13.8. The number of nitrogens with zero attached hydrogens (tertiary/aromatic N) is 3. The third kappa shape index (κ3) is 3.04. The first-order valence-electron chi connectivity index (χ1n) is 7.87. The van der Waals surface area contributed by atoms with Crippen molar-refractivity contribution in [2.24, 2.45) is 5.92 Å². The van der Waals surface area contributed by atoms with Crippen LogP contribution in [-0.2, 0) is 19.4 Å². The van der Waals surface area contributed by atoms with Gasteiger partial charge in [-0.25, -0.2) is 9.97 Å². The zero-order valence-corrected chi connectivity index (χ0v) is 12.8. The van der Waals surface area contributed by atoms with Crippen molar-refractivity contribution in [3.8, 4) is 0 Å². The fraction of sp³-hybridized carbons (Fsp3) is 0.222. The van der Waals surface area contributed by atoms with E-state index in [2.05, 4.69) is 55.0 Å². The van der Waals surface area contributed by atoms with Crippen LogP contribution in [0.15, 0.2) is 61.6 Å². The second-order valence-electron chi connectivity index (χ2n) is 5.93. The van der Waals surface area contributed by atoms with Gasteiger partial charge in [-0.2, -0.15) is 0 Å². The van der Waals surface area contributed by atoms with E-state index < -0.39 is 0 Å². The van der Waals surface area contributed by atoms with E-state index in [-0.39, 0.29) is 0 Å². The van der Waals surface area contributed by atoms with Crippen LogP contribution in [0.25, 0.3) is 10.9 Å². The summed E-state index contributed by atoms with van der Waals surface area (Å²) in [5.74, 6) is 1.49. The van der Waals surface area contributed by atoms with Crippen LogP contribution in [0.5, 0.6) is 0 Å². The second kappa shape index (κ2) is 6.12. The molecule has 0 saturated carbocycles. The number of nitrogens with one attached hydrogen (secondary N) is 2. The third-order valence-corrected chi connectivity index (χ3v) is 4.25. The highest BCUT2D eigenvalue weighted by atomic mass is 15.0. The van der Waals surface area contributed by atoms with E-state index in [1.165, 1.54) is 16.5 Å². The summed E-state index contributed by atoms with van der Waals surface area (Å²) in [4.78, 5) is 15.1. The molecule has 4 aromatic rings. The van der Waals surface area contributed by atoms with Gasteiger partial charge in [0.2, 0.25) is 0 Å². The minimum atomic E-state index is 0.453. The van der Waals surface area contributed by atoms with E-state index in [1.807, 2.05) is 31.1 Å². The fourth-order valence-electron chi connectivity index (χ4n) is 3.19. The second-order valence-corrected chi connectivity index (χ2v) is 5.93. The number of aromatic nitrogens is 5. The monoisotopic (exact) mass is 305 g/mol. The van der Waals surface area contributed by atoms with Gasteiger partial charge in [-0.1, -0.05) is 18.2 Å². The molecular weight excluding hydrogens is 286 g/mol. The quantitative estimate of drug-likeness (QED) is 0.574. The van der Waals surface area contributed by atoms with Crippen LogP contribution in [0.1, 0.15) is 11.4 Å². The lowest BCUT2D eigenvalue weighted by atomic mass is 9.95. The first-order valence-corrected chi connectivity index (χ1v) is 7.87.